The second-order valence-electron chi connectivity index (χ2n) is 11.5. The number of hydrogen-bond acceptors (Lipinski definition) is 0. The van der Waals surface area contributed by atoms with Crippen molar-refractivity contribution < 1.29 is 23.3 Å². The Morgan fingerprint density at radius 1 is 0.700 bits per heavy atom. The van der Waals surface area contributed by atoms with E-state index in [1.165, 1.54) is 56.7 Å². The van der Waals surface area contributed by atoms with Crippen molar-refractivity contribution in [2.24, 2.45) is 0 Å². The molecular formula is C38H40SiZr-4. The molecule has 4 aromatic rings. The van der Waals surface area contributed by atoms with E-state index in [2.05, 4.69) is 109 Å². The van der Waals surface area contributed by atoms with Gasteiger partial charge in [-0.1, -0.05) is 65.3 Å². The number of hydrogen-bond donors (Lipinski definition) is 0. The van der Waals surface area contributed by atoms with Crippen LogP contribution in [-0.4, -0.2) is 6.88 Å². The summed E-state index contributed by atoms with van der Waals surface area (Å²) in [6, 6.07) is 40.2. The summed E-state index contributed by atoms with van der Waals surface area (Å²) in [5, 5.41) is 0. The van der Waals surface area contributed by atoms with Crippen LogP contribution in [0.1, 0.15) is 70.2 Å². The third-order valence-electron chi connectivity index (χ3n) is 6.26. The van der Waals surface area contributed by atoms with E-state index in [-0.39, 0.29) is 10.8 Å². The first kappa shape index (κ1) is 33.7. The van der Waals surface area contributed by atoms with Crippen molar-refractivity contribution in [3.8, 4) is 11.1 Å². The molecule has 2 aliphatic rings. The number of rotatable bonds is 0. The van der Waals surface area contributed by atoms with Crippen LogP contribution in [0.4, 0.5) is 0 Å². The summed E-state index contributed by atoms with van der Waals surface area (Å²) in [7, 11) is 0. The summed E-state index contributed by atoms with van der Waals surface area (Å²) in [6.07, 6.45) is 11.0. The van der Waals surface area contributed by atoms with Gasteiger partial charge in [0.2, 0.25) is 0 Å². The third kappa shape index (κ3) is 11.5. The molecule has 0 N–H and O–H groups in total. The van der Waals surface area contributed by atoms with Gasteiger partial charge in [0, 0.05) is 0 Å². The normalized spacial score (nSPS) is 12.0. The molecule has 0 aliphatic heterocycles. The largest absolute Gasteiger partial charge is 0.184 e. The molecular weight excluding hydrogens is 576 g/mol. The van der Waals surface area contributed by atoms with Crippen molar-refractivity contribution in [1.82, 2.24) is 0 Å². The van der Waals surface area contributed by atoms with Crippen LogP contribution in [0.15, 0.2) is 109 Å². The average Bonchev–Trinajstić information content (AvgIpc) is 3.67. The van der Waals surface area contributed by atoms with Gasteiger partial charge in [-0.15, -0.1) is 17.5 Å². The fraction of sp³-hybridized carbons (Fsp3) is 0.263. The van der Waals surface area contributed by atoms with E-state index in [1.54, 1.807) is 0 Å². The van der Waals surface area contributed by atoms with Gasteiger partial charge >= 0.3 is 30.2 Å². The number of fused-ring (bicyclic) bond motifs is 3. The SMILES string of the molecule is CC(C)(C)c1[c-]c2c(cc1)-c1ccc(C(C)(C)C)cc1C2.[C-]1=CC=CC1.[Si]=[Zr].[c-]1ccccc1.[c-]1ccccc1. The molecule has 0 atom stereocenters. The molecule has 0 aromatic heterocycles. The van der Waals surface area contributed by atoms with E-state index in [9.17, 15) is 0 Å². The zero-order valence-corrected chi connectivity index (χ0v) is 28.3. The van der Waals surface area contributed by atoms with Crippen LogP contribution in [0.5, 0.6) is 0 Å². The standard InChI is InChI=1S/C21H25.2C6H5.C5H5.Si.Zr/c1-20(2,3)16-7-9-18-14(12-16)11-15-13-17(21(4,5)6)8-10-19(15)18;2*1-2-4-6-5-3-1;1-2-4-5-3-1;;/h7-10,12H,11H2,1-6H3;2*1-5H;1-3H,4H2;;/q4*-1;;. The van der Waals surface area contributed by atoms with E-state index in [0.717, 1.165) is 12.8 Å². The smallest absolute Gasteiger partial charge is 0.171 e. The summed E-state index contributed by atoms with van der Waals surface area (Å²) in [5.74, 6) is 0. The monoisotopic (exact) mass is 614 g/mol. The van der Waals surface area contributed by atoms with Gasteiger partial charge in [-0.05, 0) is 28.4 Å². The third-order valence-corrected chi connectivity index (χ3v) is 6.26. The molecule has 0 amide bonds. The van der Waals surface area contributed by atoms with Crippen LogP contribution in [0.25, 0.3) is 11.1 Å². The van der Waals surface area contributed by atoms with E-state index < -0.39 is 0 Å². The van der Waals surface area contributed by atoms with E-state index in [0.29, 0.717) is 0 Å². The first-order valence-corrected chi connectivity index (χ1v) is 17.8. The Labute approximate surface area is 260 Å². The summed E-state index contributed by atoms with van der Waals surface area (Å²) >= 11 is 1.36. The topological polar surface area (TPSA) is 0 Å². The Balaban J connectivity index is 0.000000237. The molecule has 40 heavy (non-hydrogen) atoms. The van der Waals surface area contributed by atoms with Crippen molar-refractivity contribution in [1.29, 1.82) is 0 Å². The molecule has 4 aromatic carbocycles. The summed E-state index contributed by atoms with van der Waals surface area (Å²) < 4.78 is 0. The molecule has 0 fully saturated rings. The van der Waals surface area contributed by atoms with Crippen molar-refractivity contribution in [2.45, 2.75) is 65.2 Å². The second-order valence-corrected chi connectivity index (χ2v) is 11.5. The van der Waals surface area contributed by atoms with E-state index in [1.807, 2.05) is 72.8 Å². The van der Waals surface area contributed by atoms with E-state index >= 15 is 0 Å². The van der Waals surface area contributed by atoms with Gasteiger partial charge < -0.3 is 0 Å². The molecule has 204 valence electrons. The van der Waals surface area contributed by atoms with Gasteiger partial charge in [-0.3, -0.25) is 6.08 Å². The first-order valence-electron chi connectivity index (χ1n) is 13.6. The Kier molecular flexibility index (Phi) is 14.6. The molecule has 2 radical (unpaired) electrons. The molecule has 0 nitrogen and oxygen atoms in total. The van der Waals surface area contributed by atoms with Crippen LogP contribution in [0.2, 0.25) is 0 Å². The maximum Gasteiger partial charge on any atom is -0.171 e. The van der Waals surface area contributed by atoms with E-state index in [4.69, 9.17) is 0 Å². The Hall–Kier alpha value is -2.54. The van der Waals surface area contributed by atoms with Crippen LogP contribution in [0.3, 0.4) is 0 Å². The molecule has 0 unspecified atom stereocenters. The van der Waals surface area contributed by atoms with Crippen LogP contribution in [0, 0.1) is 24.3 Å². The quantitative estimate of drug-likeness (QED) is 0.120. The van der Waals surface area contributed by atoms with Crippen molar-refractivity contribution in [3.63, 3.8) is 0 Å². The number of allylic oxidation sites excluding steroid dienone is 4. The molecule has 0 saturated heterocycles. The Bertz CT molecular complexity index is 1170. The molecule has 2 aliphatic carbocycles. The molecule has 0 saturated carbocycles. The predicted octanol–water partition coefficient (Wildman–Crippen LogP) is 9.55. The number of benzene rings is 4. The van der Waals surface area contributed by atoms with Crippen molar-refractivity contribution >= 4 is 6.88 Å². The molecule has 2 heteroatoms. The summed E-state index contributed by atoms with van der Waals surface area (Å²) in [6.45, 7) is 16.7. The van der Waals surface area contributed by atoms with Gasteiger partial charge in [0.1, 0.15) is 0 Å². The Morgan fingerprint density at radius 3 is 1.65 bits per heavy atom. The fourth-order valence-corrected chi connectivity index (χ4v) is 4.05. The molecule has 6 rings (SSSR count). The van der Waals surface area contributed by atoms with Gasteiger partial charge in [0.05, 0.1) is 0 Å². The maximum atomic E-state index is 3.67. The van der Waals surface area contributed by atoms with Crippen molar-refractivity contribution in [2.75, 3.05) is 0 Å². The zero-order chi connectivity index (χ0) is 29.4. The van der Waals surface area contributed by atoms with Crippen LogP contribution < -0.4 is 0 Å². The molecule has 0 heterocycles. The average molecular weight is 616 g/mol. The summed E-state index contributed by atoms with van der Waals surface area (Å²) in [4.78, 5) is 0. The van der Waals surface area contributed by atoms with Crippen LogP contribution >= 0.6 is 0 Å². The minimum Gasteiger partial charge on any atom is -0.184 e. The molecule has 0 spiro atoms. The first-order chi connectivity index (χ1) is 19.2. The van der Waals surface area contributed by atoms with Gasteiger partial charge in [-0.2, -0.15) is 103 Å². The second kappa shape index (κ2) is 17.3. The van der Waals surface area contributed by atoms with Gasteiger partial charge in [-0.25, -0.2) is 12.2 Å². The minimum absolute atomic E-state index is 0.167. The maximum absolute atomic E-state index is 3.67. The fourth-order valence-electron chi connectivity index (χ4n) is 4.05. The predicted molar refractivity (Wildman–Crippen MR) is 169 cm³/mol. The van der Waals surface area contributed by atoms with Gasteiger partial charge in [0.15, 0.2) is 0 Å². The van der Waals surface area contributed by atoms with Crippen molar-refractivity contribution in [3.05, 3.63) is 156 Å². The minimum atomic E-state index is 0.167. The molecule has 0 bridgehead atoms. The summed E-state index contributed by atoms with van der Waals surface area (Å²) in [5.41, 5.74) is 8.70. The zero-order valence-electron chi connectivity index (χ0n) is 24.8. The van der Waals surface area contributed by atoms with Crippen LogP contribution in [-0.2, 0) is 40.6 Å². The Morgan fingerprint density at radius 2 is 1.27 bits per heavy atom. The van der Waals surface area contributed by atoms with Gasteiger partial charge in [0.25, 0.3) is 0 Å².